The van der Waals surface area contributed by atoms with Crippen molar-refractivity contribution >= 4 is 11.5 Å². The first-order valence-corrected chi connectivity index (χ1v) is 6.21. The van der Waals surface area contributed by atoms with Crippen molar-refractivity contribution in [1.82, 2.24) is 0 Å². The third kappa shape index (κ3) is 3.01. The van der Waals surface area contributed by atoms with Gasteiger partial charge in [-0.05, 0) is 29.8 Å². The van der Waals surface area contributed by atoms with Crippen molar-refractivity contribution in [3.05, 3.63) is 65.7 Å². The van der Waals surface area contributed by atoms with Crippen molar-refractivity contribution in [2.24, 2.45) is 5.73 Å². The number of nitrogens with zero attached hydrogens (tertiary/aromatic N) is 1. The van der Waals surface area contributed by atoms with Crippen molar-refractivity contribution in [3.8, 4) is 0 Å². The molecular weight excluding hydrogens is 236 g/mol. The predicted molar refractivity (Wildman–Crippen MR) is 78.5 cm³/mol. The minimum atomic E-state index is -0.605. The largest absolute Gasteiger partial charge is 0.378 e. The number of rotatable bonds is 4. The van der Waals surface area contributed by atoms with E-state index < -0.39 is 6.04 Å². The first-order valence-electron chi connectivity index (χ1n) is 6.21. The summed E-state index contributed by atoms with van der Waals surface area (Å²) in [5.41, 5.74) is 8.55. The average molecular weight is 254 g/mol. The SMILES string of the molecule is CN(C)c1ccc(C(=O)[C@H](N)c2ccccc2)cc1. The van der Waals surface area contributed by atoms with Crippen LogP contribution < -0.4 is 10.6 Å². The van der Waals surface area contributed by atoms with Crippen LogP contribution in [0, 0.1) is 0 Å². The molecule has 0 amide bonds. The molecule has 0 heterocycles. The molecule has 0 saturated heterocycles. The quantitative estimate of drug-likeness (QED) is 0.853. The molecule has 2 aromatic rings. The Bertz CT molecular complexity index is 547. The lowest BCUT2D eigenvalue weighted by Gasteiger charge is -2.14. The second-order valence-electron chi connectivity index (χ2n) is 4.69. The molecule has 0 aliphatic carbocycles. The maximum Gasteiger partial charge on any atom is 0.184 e. The first kappa shape index (κ1) is 13.3. The van der Waals surface area contributed by atoms with Crippen molar-refractivity contribution in [2.75, 3.05) is 19.0 Å². The third-order valence-corrected chi connectivity index (χ3v) is 3.11. The molecule has 0 saturated carbocycles. The van der Waals surface area contributed by atoms with Gasteiger partial charge in [0.25, 0.3) is 0 Å². The van der Waals surface area contributed by atoms with Crippen LogP contribution in [-0.2, 0) is 0 Å². The van der Waals surface area contributed by atoms with E-state index in [0.717, 1.165) is 11.3 Å². The summed E-state index contributed by atoms with van der Waals surface area (Å²) >= 11 is 0. The molecular formula is C16H18N2O. The maximum absolute atomic E-state index is 12.3. The molecule has 3 heteroatoms. The molecule has 0 aliphatic heterocycles. The number of ketones is 1. The zero-order valence-corrected chi connectivity index (χ0v) is 11.2. The Morgan fingerprint density at radius 2 is 1.58 bits per heavy atom. The summed E-state index contributed by atoms with van der Waals surface area (Å²) in [5, 5.41) is 0. The summed E-state index contributed by atoms with van der Waals surface area (Å²) in [6.45, 7) is 0. The van der Waals surface area contributed by atoms with Crippen LogP contribution in [0.4, 0.5) is 5.69 Å². The van der Waals surface area contributed by atoms with E-state index in [1.54, 1.807) is 0 Å². The van der Waals surface area contributed by atoms with E-state index in [1.807, 2.05) is 73.6 Å². The highest BCUT2D eigenvalue weighted by atomic mass is 16.1. The van der Waals surface area contributed by atoms with Gasteiger partial charge in [0.15, 0.2) is 5.78 Å². The van der Waals surface area contributed by atoms with Gasteiger partial charge in [-0.1, -0.05) is 30.3 Å². The normalized spacial score (nSPS) is 11.9. The fourth-order valence-electron chi connectivity index (χ4n) is 1.92. The fourth-order valence-corrected chi connectivity index (χ4v) is 1.92. The summed E-state index contributed by atoms with van der Waals surface area (Å²) < 4.78 is 0. The Morgan fingerprint density at radius 1 is 1.00 bits per heavy atom. The molecule has 98 valence electrons. The molecule has 1 atom stereocenters. The highest BCUT2D eigenvalue weighted by Gasteiger charge is 2.17. The molecule has 0 spiro atoms. The Labute approximate surface area is 113 Å². The highest BCUT2D eigenvalue weighted by molar-refractivity contribution is 6.00. The maximum atomic E-state index is 12.3. The number of carbonyl (C=O) groups is 1. The molecule has 0 aliphatic rings. The van der Waals surface area contributed by atoms with Crippen molar-refractivity contribution in [2.45, 2.75) is 6.04 Å². The van der Waals surface area contributed by atoms with Crippen LogP contribution in [-0.4, -0.2) is 19.9 Å². The van der Waals surface area contributed by atoms with Gasteiger partial charge in [-0.15, -0.1) is 0 Å². The number of Topliss-reactive ketones (excluding diaryl/α,β-unsaturated/α-hetero) is 1. The summed E-state index contributed by atoms with van der Waals surface area (Å²) in [4.78, 5) is 14.3. The zero-order chi connectivity index (χ0) is 13.8. The lowest BCUT2D eigenvalue weighted by atomic mass is 9.98. The van der Waals surface area contributed by atoms with Gasteiger partial charge in [-0.25, -0.2) is 0 Å². The lowest BCUT2D eigenvalue weighted by Crippen LogP contribution is -2.21. The number of hydrogen-bond acceptors (Lipinski definition) is 3. The number of carbonyl (C=O) groups excluding carboxylic acids is 1. The van der Waals surface area contributed by atoms with Gasteiger partial charge in [0.05, 0.1) is 6.04 Å². The molecule has 2 rings (SSSR count). The van der Waals surface area contributed by atoms with Gasteiger partial charge in [-0.3, -0.25) is 4.79 Å². The standard InChI is InChI=1S/C16H18N2O/c1-18(2)14-10-8-13(9-11-14)16(19)15(17)12-6-4-3-5-7-12/h3-11,15H,17H2,1-2H3/t15-/m1/s1. The molecule has 0 unspecified atom stereocenters. The summed E-state index contributed by atoms with van der Waals surface area (Å²) in [6.07, 6.45) is 0. The van der Waals surface area contributed by atoms with E-state index in [1.165, 1.54) is 0 Å². The molecule has 2 N–H and O–H groups in total. The number of hydrogen-bond donors (Lipinski definition) is 1. The van der Waals surface area contributed by atoms with Crippen molar-refractivity contribution in [1.29, 1.82) is 0 Å². The Kier molecular flexibility index (Phi) is 3.97. The Balaban J connectivity index is 2.20. The van der Waals surface area contributed by atoms with E-state index in [2.05, 4.69) is 0 Å². The van der Waals surface area contributed by atoms with Crippen LogP contribution in [0.5, 0.6) is 0 Å². The smallest absolute Gasteiger partial charge is 0.184 e. The Morgan fingerprint density at radius 3 is 2.11 bits per heavy atom. The zero-order valence-electron chi connectivity index (χ0n) is 11.2. The van der Waals surface area contributed by atoms with Crippen LogP contribution in [0.15, 0.2) is 54.6 Å². The van der Waals surface area contributed by atoms with Crippen molar-refractivity contribution < 1.29 is 4.79 Å². The predicted octanol–water partition coefficient (Wildman–Crippen LogP) is 2.64. The summed E-state index contributed by atoms with van der Waals surface area (Å²) in [5.74, 6) is -0.0588. The lowest BCUT2D eigenvalue weighted by molar-refractivity contribution is 0.0961. The highest BCUT2D eigenvalue weighted by Crippen LogP contribution is 2.18. The molecule has 2 aromatic carbocycles. The number of anilines is 1. The van der Waals surface area contributed by atoms with Crippen LogP contribution in [0.2, 0.25) is 0 Å². The van der Waals surface area contributed by atoms with E-state index >= 15 is 0 Å². The van der Waals surface area contributed by atoms with E-state index in [0.29, 0.717) is 5.56 Å². The first-order chi connectivity index (χ1) is 9.09. The Hall–Kier alpha value is -2.13. The number of nitrogens with two attached hydrogens (primary N) is 1. The van der Waals surface area contributed by atoms with Gasteiger partial charge in [0, 0.05) is 25.3 Å². The van der Waals surface area contributed by atoms with E-state index in [4.69, 9.17) is 5.73 Å². The van der Waals surface area contributed by atoms with Gasteiger partial charge < -0.3 is 10.6 Å². The van der Waals surface area contributed by atoms with Crippen LogP contribution >= 0.6 is 0 Å². The molecule has 0 bridgehead atoms. The van der Waals surface area contributed by atoms with Gasteiger partial charge in [0.1, 0.15) is 0 Å². The van der Waals surface area contributed by atoms with Crippen LogP contribution in [0.25, 0.3) is 0 Å². The van der Waals surface area contributed by atoms with Crippen LogP contribution in [0.3, 0.4) is 0 Å². The van der Waals surface area contributed by atoms with Crippen LogP contribution in [0.1, 0.15) is 22.0 Å². The molecule has 0 fully saturated rings. The second kappa shape index (κ2) is 5.67. The monoisotopic (exact) mass is 254 g/mol. The van der Waals surface area contributed by atoms with Gasteiger partial charge in [0.2, 0.25) is 0 Å². The van der Waals surface area contributed by atoms with Crippen molar-refractivity contribution in [3.63, 3.8) is 0 Å². The topological polar surface area (TPSA) is 46.3 Å². The summed E-state index contributed by atoms with van der Waals surface area (Å²) in [6, 6.07) is 16.3. The van der Waals surface area contributed by atoms with E-state index in [9.17, 15) is 4.79 Å². The average Bonchev–Trinajstić information content (AvgIpc) is 2.46. The molecule has 19 heavy (non-hydrogen) atoms. The third-order valence-electron chi connectivity index (χ3n) is 3.11. The second-order valence-corrected chi connectivity index (χ2v) is 4.69. The van der Waals surface area contributed by atoms with E-state index in [-0.39, 0.29) is 5.78 Å². The van der Waals surface area contributed by atoms with Gasteiger partial charge in [-0.2, -0.15) is 0 Å². The molecule has 0 aromatic heterocycles. The minimum absolute atomic E-state index is 0.0588. The number of benzene rings is 2. The summed E-state index contributed by atoms with van der Waals surface area (Å²) in [7, 11) is 3.93. The fraction of sp³-hybridized carbons (Fsp3) is 0.188. The minimum Gasteiger partial charge on any atom is -0.378 e. The molecule has 0 radical (unpaired) electrons. The molecule has 3 nitrogen and oxygen atoms in total. The van der Waals surface area contributed by atoms with Gasteiger partial charge >= 0.3 is 0 Å².